The third kappa shape index (κ3) is 2.00. The van der Waals surface area contributed by atoms with Crippen LogP contribution in [0.5, 0.6) is 0 Å². The largest absolute Gasteiger partial charge is 0.458 e. The summed E-state index contributed by atoms with van der Waals surface area (Å²) < 4.78 is 42.7. The van der Waals surface area contributed by atoms with Gasteiger partial charge in [-0.3, -0.25) is 4.79 Å². The molecule has 0 spiro atoms. The number of pyridine rings is 2. The number of aliphatic hydroxyl groups is 1. The Morgan fingerprint density at radius 2 is 2.18 bits per heavy atom. The van der Waals surface area contributed by atoms with Gasteiger partial charge in [-0.25, -0.2) is 18.6 Å². The molecule has 0 fully saturated rings. The summed E-state index contributed by atoms with van der Waals surface area (Å²) in [5.41, 5.74) is -1.20. The number of carbonyl (C=O) groups excluding carboxylic acids is 1. The zero-order valence-corrected chi connectivity index (χ0v) is 14.7. The van der Waals surface area contributed by atoms with Crippen molar-refractivity contribution >= 4 is 16.9 Å². The molecule has 2 aliphatic rings. The Labute approximate surface area is 158 Å². The Kier molecular flexibility index (Phi) is 3.09. The first kappa shape index (κ1) is 15.9. The fourth-order valence-corrected chi connectivity index (χ4v) is 3.89. The second-order valence-electron chi connectivity index (χ2n) is 6.92. The van der Waals surface area contributed by atoms with Crippen LogP contribution in [0.25, 0.3) is 22.3 Å². The van der Waals surface area contributed by atoms with Gasteiger partial charge in [0.1, 0.15) is 6.61 Å². The molecule has 142 valence electrons. The van der Waals surface area contributed by atoms with Gasteiger partial charge in [0.05, 0.1) is 30.4 Å². The lowest BCUT2D eigenvalue weighted by atomic mass is 9.86. The van der Waals surface area contributed by atoms with Gasteiger partial charge in [-0.1, -0.05) is 6.92 Å². The summed E-state index contributed by atoms with van der Waals surface area (Å²) in [5, 5.41) is 10.6. The van der Waals surface area contributed by atoms with Crippen LogP contribution in [-0.4, -0.2) is 20.6 Å². The van der Waals surface area contributed by atoms with Gasteiger partial charge in [-0.15, -0.1) is 0 Å². The maximum absolute atomic E-state index is 14.3. The van der Waals surface area contributed by atoms with E-state index in [1.165, 1.54) is 16.7 Å². The first-order chi connectivity index (χ1) is 13.8. The minimum Gasteiger partial charge on any atom is -0.458 e. The van der Waals surface area contributed by atoms with Crippen LogP contribution in [0.1, 0.15) is 31.4 Å². The molecule has 4 heterocycles. The SMILES string of the molecule is [3H]c1c2c(nc3ccc(F)c(F)c13)-c1cc3c(c(=O)n1C2)COC(=O)[C@]3(O)CC. The van der Waals surface area contributed by atoms with Crippen LogP contribution >= 0.6 is 0 Å². The zero-order chi connectivity index (χ0) is 20.7. The molecule has 2 aromatic heterocycles. The van der Waals surface area contributed by atoms with Crippen molar-refractivity contribution in [1.82, 2.24) is 9.55 Å². The van der Waals surface area contributed by atoms with E-state index in [1.807, 2.05) is 0 Å². The van der Waals surface area contributed by atoms with E-state index in [1.54, 1.807) is 6.92 Å². The minimum atomic E-state index is -1.96. The quantitative estimate of drug-likeness (QED) is 0.508. The van der Waals surface area contributed by atoms with Gasteiger partial charge in [0.25, 0.3) is 5.56 Å². The molecule has 0 unspecified atom stereocenters. The Balaban J connectivity index is 1.84. The zero-order valence-electron chi connectivity index (χ0n) is 15.7. The van der Waals surface area contributed by atoms with Crippen LogP contribution in [-0.2, 0) is 28.3 Å². The van der Waals surface area contributed by atoms with E-state index in [0.717, 1.165) is 6.07 Å². The summed E-state index contributed by atoms with van der Waals surface area (Å²) in [7, 11) is 0. The number of benzene rings is 1. The van der Waals surface area contributed by atoms with Gasteiger partial charge in [0, 0.05) is 16.5 Å². The van der Waals surface area contributed by atoms with Gasteiger partial charge >= 0.3 is 5.97 Å². The van der Waals surface area contributed by atoms with Gasteiger partial charge in [-0.05, 0) is 30.7 Å². The molecule has 1 aromatic carbocycles. The highest BCUT2D eigenvalue weighted by Gasteiger charge is 2.45. The summed E-state index contributed by atoms with van der Waals surface area (Å²) in [4.78, 5) is 29.6. The van der Waals surface area contributed by atoms with Crippen LogP contribution < -0.4 is 5.56 Å². The maximum atomic E-state index is 14.3. The molecule has 0 radical (unpaired) electrons. The van der Waals surface area contributed by atoms with Crippen molar-refractivity contribution in [2.24, 2.45) is 0 Å². The van der Waals surface area contributed by atoms with E-state index >= 15 is 0 Å². The third-order valence-electron chi connectivity index (χ3n) is 5.47. The molecular weight excluding hydrogens is 370 g/mol. The number of hydrogen-bond donors (Lipinski definition) is 1. The molecule has 6 nitrogen and oxygen atoms in total. The molecule has 28 heavy (non-hydrogen) atoms. The number of cyclic esters (lactones) is 1. The van der Waals surface area contributed by atoms with E-state index in [0.29, 0.717) is 5.69 Å². The number of ether oxygens (including phenoxy) is 1. The predicted octanol–water partition coefficient (Wildman–Crippen LogP) is 2.36. The normalized spacial score (nSPS) is 20.4. The monoisotopic (exact) mass is 386 g/mol. The number of esters is 1. The van der Waals surface area contributed by atoms with Crippen LogP contribution in [0, 0.1) is 11.6 Å². The van der Waals surface area contributed by atoms with Crippen molar-refractivity contribution in [2.45, 2.75) is 32.1 Å². The second-order valence-corrected chi connectivity index (χ2v) is 6.92. The number of fused-ring (bicyclic) bond motifs is 5. The number of carbonyl (C=O) groups is 1. The molecule has 8 heteroatoms. The van der Waals surface area contributed by atoms with Crippen molar-refractivity contribution < 1.29 is 24.8 Å². The van der Waals surface area contributed by atoms with Gasteiger partial charge in [0.15, 0.2) is 17.2 Å². The topological polar surface area (TPSA) is 81.4 Å². The second kappa shape index (κ2) is 5.45. The maximum Gasteiger partial charge on any atom is 0.343 e. The average molecular weight is 386 g/mol. The summed E-state index contributed by atoms with van der Waals surface area (Å²) in [6, 6.07) is 3.45. The molecule has 0 saturated heterocycles. The van der Waals surface area contributed by atoms with E-state index in [4.69, 9.17) is 6.11 Å². The van der Waals surface area contributed by atoms with Crippen molar-refractivity contribution in [1.29, 1.82) is 0 Å². The third-order valence-corrected chi connectivity index (χ3v) is 5.47. The lowest BCUT2D eigenvalue weighted by molar-refractivity contribution is -0.172. The highest BCUT2D eigenvalue weighted by atomic mass is 19.2. The van der Waals surface area contributed by atoms with Crippen LogP contribution in [0.15, 0.2) is 29.0 Å². The average Bonchev–Trinajstić information content (AvgIpc) is 3.08. The molecule has 1 atom stereocenters. The van der Waals surface area contributed by atoms with Crippen molar-refractivity contribution in [3.63, 3.8) is 0 Å². The van der Waals surface area contributed by atoms with Gasteiger partial charge < -0.3 is 14.4 Å². The summed E-state index contributed by atoms with van der Waals surface area (Å²) in [5.74, 6) is -3.08. The highest BCUT2D eigenvalue weighted by Crippen LogP contribution is 2.38. The molecule has 2 aliphatic heterocycles. The Morgan fingerprint density at radius 3 is 2.93 bits per heavy atom. The molecule has 0 amide bonds. The van der Waals surface area contributed by atoms with E-state index in [2.05, 4.69) is 4.98 Å². The lowest BCUT2D eigenvalue weighted by Gasteiger charge is -2.31. The molecule has 0 bridgehead atoms. The number of halogens is 2. The fraction of sp³-hybridized carbons (Fsp3) is 0.250. The molecule has 0 saturated carbocycles. The Hall–Kier alpha value is -3.13. The predicted molar refractivity (Wildman–Crippen MR) is 94.4 cm³/mol. The van der Waals surface area contributed by atoms with E-state index < -0.39 is 28.8 Å². The molecule has 1 N–H and O–H groups in total. The number of rotatable bonds is 1. The molecule has 0 aliphatic carbocycles. The number of hydrogen-bond acceptors (Lipinski definition) is 5. The minimum absolute atomic E-state index is 0.00785. The molecule has 3 aromatic rings. The molecular formula is C20H14F2N2O4. The smallest absolute Gasteiger partial charge is 0.343 e. The fourth-order valence-electron chi connectivity index (χ4n) is 3.89. The summed E-state index contributed by atoms with van der Waals surface area (Å²) in [6.07, 6.45) is 0.00785. The summed E-state index contributed by atoms with van der Waals surface area (Å²) in [6.45, 7) is 1.28. The number of nitrogens with zero attached hydrogens (tertiary/aromatic N) is 2. The van der Waals surface area contributed by atoms with Crippen molar-refractivity contribution in [3.05, 3.63) is 62.9 Å². The molecule has 5 rings (SSSR count). The van der Waals surface area contributed by atoms with Crippen molar-refractivity contribution in [2.75, 3.05) is 0 Å². The van der Waals surface area contributed by atoms with Crippen molar-refractivity contribution in [3.8, 4) is 11.4 Å². The van der Waals surface area contributed by atoms with Crippen LogP contribution in [0.3, 0.4) is 0 Å². The lowest BCUT2D eigenvalue weighted by Crippen LogP contribution is -2.44. The number of aromatic nitrogens is 2. The first-order valence-corrected chi connectivity index (χ1v) is 8.72. The van der Waals surface area contributed by atoms with Crippen LogP contribution in [0.2, 0.25) is 0 Å². The standard InChI is InChI=1S/C20H14F2N2O4/c1-2-20(27)12-6-15-17-9(5-10-14(23-17)4-3-13(21)16(10)22)7-24(15)18(25)11(12)8-28-19(20)26/h3-6,27H,2,7-8H2,1H3/t20-/m0/s1/i5T. The first-order valence-electron chi connectivity index (χ1n) is 9.22. The highest BCUT2D eigenvalue weighted by molar-refractivity contribution is 5.86. The Morgan fingerprint density at radius 1 is 1.39 bits per heavy atom. The van der Waals surface area contributed by atoms with E-state index in [-0.39, 0.29) is 58.9 Å². The van der Waals surface area contributed by atoms with Gasteiger partial charge in [-0.2, -0.15) is 0 Å². The van der Waals surface area contributed by atoms with E-state index in [9.17, 15) is 23.5 Å². The summed E-state index contributed by atoms with van der Waals surface area (Å²) >= 11 is 0. The Bertz CT molecular complexity index is 1320. The van der Waals surface area contributed by atoms with Crippen LogP contribution in [0.4, 0.5) is 8.78 Å². The van der Waals surface area contributed by atoms with Gasteiger partial charge in [0.2, 0.25) is 0 Å².